The number of nitrogens with zero attached hydrogens (tertiary/aromatic N) is 2. The van der Waals surface area contributed by atoms with Gasteiger partial charge < -0.3 is 19.9 Å². The van der Waals surface area contributed by atoms with Crippen LogP contribution in [0, 0.1) is 0 Å². The Bertz CT molecular complexity index is 811. The molecule has 2 N–H and O–H groups in total. The van der Waals surface area contributed by atoms with Crippen LogP contribution in [0.5, 0.6) is 11.5 Å². The summed E-state index contributed by atoms with van der Waals surface area (Å²) in [7, 11) is 1.40. The molecule has 1 fully saturated rings. The minimum absolute atomic E-state index is 0.0975. The molecule has 0 bridgehead atoms. The number of hydrogen-bond donors (Lipinski definition) is 2. The molecule has 0 saturated carbocycles. The average Bonchev–Trinajstić information content (AvgIpc) is 2.88. The van der Waals surface area contributed by atoms with E-state index in [-0.39, 0.29) is 28.1 Å². The molecule has 0 radical (unpaired) electrons. The number of methoxy groups -OCH3 is 1. The number of carbonyl (C=O) groups is 3. The van der Waals surface area contributed by atoms with Crippen LogP contribution >= 0.6 is 23.4 Å². The summed E-state index contributed by atoms with van der Waals surface area (Å²) >= 11 is 7.07. The number of amides is 1. The summed E-state index contributed by atoms with van der Waals surface area (Å²) in [5.74, 6) is -1.70. The summed E-state index contributed by atoms with van der Waals surface area (Å²) in [6.07, 6.45) is 1.06. The number of benzene rings is 1. The Balaban J connectivity index is 2.13. The quantitative estimate of drug-likeness (QED) is 0.322. The highest BCUT2D eigenvalue weighted by Gasteiger charge is 2.32. The molecule has 1 atom stereocenters. The molecular weight excluding hydrogens is 386 g/mol. The van der Waals surface area contributed by atoms with Crippen LogP contribution in [-0.4, -0.2) is 46.7 Å². The Labute approximate surface area is 157 Å². The highest BCUT2D eigenvalue weighted by Crippen LogP contribution is 2.36. The number of thioether (sulfide) groups is 1. The number of halogens is 1. The number of hydrogen-bond acceptors (Lipinski definition) is 8. The molecular formula is C15H14ClN3O6S. The molecule has 26 heavy (non-hydrogen) atoms. The lowest BCUT2D eigenvalue weighted by Gasteiger charge is -2.10. The molecule has 1 aromatic rings. The van der Waals surface area contributed by atoms with Crippen LogP contribution < -0.4 is 14.8 Å². The first-order valence-corrected chi connectivity index (χ1v) is 8.42. The molecule has 0 aliphatic carbocycles. The number of aliphatic carboxylic acids is 1. The van der Waals surface area contributed by atoms with E-state index in [1.807, 2.05) is 0 Å². The molecule has 1 saturated heterocycles. The first-order chi connectivity index (χ1) is 12.3. The van der Waals surface area contributed by atoms with Crippen LogP contribution in [0.15, 0.2) is 22.3 Å². The second-order valence-electron chi connectivity index (χ2n) is 4.97. The third-order valence-corrected chi connectivity index (χ3v) is 4.34. The number of amidine groups is 1. The van der Waals surface area contributed by atoms with E-state index in [0.717, 1.165) is 11.8 Å². The van der Waals surface area contributed by atoms with Gasteiger partial charge in [0, 0.05) is 12.5 Å². The van der Waals surface area contributed by atoms with Crippen molar-refractivity contribution in [3.63, 3.8) is 0 Å². The van der Waals surface area contributed by atoms with Gasteiger partial charge in [0.05, 0.1) is 24.8 Å². The summed E-state index contributed by atoms with van der Waals surface area (Å²) in [4.78, 5) is 33.4. The van der Waals surface area contributed by atoms with Gasteiger partial charge in [0.25, 0.3) is 0 Å². The SMILES string of the molecule is COc1cc(C=NN=C2NC(=O)C(CC(=O)O)S2)cc(Cl)c1OC(C)=O. The highest BCUT2D eigenvalue weighted by atomic mass is 35.5. The van der Waals surface area contributed by atoms with Crippen LogP contribution in [0.4, 0.5) is 0 Å². The molecule has 1 aliphatic rings. The Kier molecular flexibility index (Phi) is 6.58. The first kappa shape index (κ1) is 19.7. The molecule has 1 heterocycles. The predicted octanol–water partition coefficient (Wildman–Crippen LogP) is 1.67. The summed E-state index contributed by atoms with van der Waals surface area (Å²) < 4.78 is 10.1. The maximum absolute atomic E-state index is 11.6. The van der Waals surface area contributed by atoms with Crippen LogP contribution in [0.3, 0.4) is 0 Å². The van der Waals surface area contributed by atoms with Crippen molar-refractivity contribution in [3.8, 4) is 11.5 Å². The molecule has 138 valence electrons. The number of esters is 1. The van der Waals surface area contributed by atoms with Crippen LogP contribution in [0.25, 0.3) is 0 Å². The second kappa shape index (κ2) is 8.68. The van der Waals surface area contributed by atoms with Gasteiger partial charge >= 0.3 is 11.9 Å². The first-order valence-electron chi connectivity index (χ1n) is 7.16. The standard InChI is InChI=1S/C15H14ClN3O6S/c1-7(20)25-13-9(16)3-8(4-10(13)24-2)6-17-19-15-18-14(23)11(26-15)5-12(21)22/h3-4,6,11H,5H2,1-2H3,(H,21,22)(H,18,19,23). The minimum atomic E-state index is -1.07. The zero-order valence-corrected chi connectivity index (χ0v) is 15.3. The molecule has 0 spiro atoms. The minimum Gasteiger partial charge on any atom is -0.493 e. The Morgan fingerprint density at radius 1 is 1.46 bits per heavy atom. The lowest BCUT2D eigenvalue weighted by molar-refractivity contribution is -0.138. The van der Waals surface area contributed by atoms with Gasteiger partial charge in [-0.2, -0.15) is 5.10 Å². The van der Waals surface area contributed by atoms with Crippen molar-refractivity contribution in [1.82, 2.24) is 5.32 Å². The van der Waals surface area contributed by atoms with Gasteiger partial charge in [-0.1, -0.05) is 23.4 Å². The highest BCUT2D eigenvalue weighted by molar-refractivity contribution is 8.15. The van der Waals surface area contributed by atoms with Crippen molar-refractivity contribution < 1.29 is 29.0 Å². The average molecular weight is 400 g/mol. The number of nitrogens with one attached hydrogen (secondary N) is 1. The van der Waals surface area contributed by atoms with Crippen molar-refractivity contribution in [2.45, 2.75) is 18.6 Å². The lowest BCUT2D eigenvalue weighted by atomic mass is 10.2. The smallest absolute Gasteiger partial charge is 0.308 e. The largest absolute Gasteiger partial charge is 0.493 e. The maximum Gasteiger partial charge on any atom is 0.308 e. The van der Waals surface area contributed by atoms with E-state index in [4.69, 9.17) is 26.2 Å². The van der Waals surface area contributed by atoms with Gasteiger partial charge in [-0.05, 0) is 12.1 Å². The van der Waals surface area contributed by atoms with E-state index < -0.39 is 23.1 Å². The summed E-state index contributed by atoms with van der Waals surface area (Å²) in [5.41, 5.74) is 0.517. The third kappa shape index (κ3) is 5.20. The van der Waals surface area contributed by atoms with E-state index >= 15 is 0 Å². The van der Waals surface area contributed by atoms with E-state index in [1.165, 1.54) is 26.3 Å². The summed E-state index contributed by atoms with van der Waals surface area (Å²) in [6, 6.07) is 3.04. The van der Waals surface area contributed by atoms with E-state index in [1.54, 1.807) is 6.07 Å². The van der Waals surface area contributed by atoms with Crippen LogP contribution in [0.1, 0.15) is 18.9 Å². The molecule has 2 rings (SSSR count). The van der Waals surface area contributed by atoms with Gasteiger partial charge in [0.1, 0.15) is 5.25 Å². The van der Waals surface area contributed by atoms with Crippen molar-refractivity contribution in [3.05, 3.63) is 22.7 Å². The summed E-state index contributed by atoms with van der Waals surface area (Å²) in [5, 5.41) is 18.5. The second-order valence-corrected chi connectivity index (χ2v) is 6.57. The van der Waals surface area contributed by atoms with Crippen LogP contribution in [0.2, 0.25) is 5.02 Å². The molecule has 0 aromatic heterocycles. The third-order valence-electron chi connectivity index (χ3n) is 2.99. The van der Waals surface area contributed by atoms with Crippen LogP contribution in [-0.2, 0) is 14.4 Å². The molecule has 1 aliphatic heterocycles. The van der Waals surface area contributed by atoms with Gasteiger partial charge in [0.2, 0.25) is 5.91 Å². The van der Waals surface area contributed by atoms with Gasteiger partial charge in [0.15, 0.2) is 16.7 Å². The van der Waals surface area contributed by atoms with Crippen molar-refractivity contribution in [1.29, 1.82) is 0 Å². The molecule has 9 nitrogen and oxygen atoms in total. The normalized spacial score (nSPS) is 18.2. The van der Waals surface area contributed by atoms with Crippen molar-refractivity contribution in [2.24, 2.45) is 10.2 Å². The molecule has 1 amide bonds. The maximum atomic E-state index is 11.6. The Morgan fingerprint density at radius 2 is 2.19 bits per heavy atom. The monoisotopic (exact) mass is 399 g/mol. The number of carbonyl (C=O) groups excluding carboxylic acids is 2. The van der Waals surface area contributed by atoms with E-state index in [9.17, 15) is 14.4 Å². The summed E-state index contributed by atoms with van der Waals surface area (Å²) in [6.45, 7) is 1.24. The predicted molar refractivity (Wildman–Crippen MR) is 96.1 cm³/mol. The Morgan fingerprint density at radius 3 is 2.81 bits per heavy atom. The van der Waals surface area contributed by atoms with Crippen molar-refractivity contribution in [2.75, 3.05) is 7.11 Å². The van der Waals surface area contributed by atoms with E-state index in [0.29, 0.717) is 5.56 Å². The topological polar surface area (TPSA) is 127 Å². The number of carboxylic acids is 1. The fraction of sp³-hybridized carbons (Fsp3) is 0.267. The number of carboxylic acid groups (broad SMARTS) is 1. The lowest BCUT2D eigenvalue weighted by Crippen LogP contribution is -2.26. The zero-order chi connectivity index (χ0) is 19.3. The van der Waals surface area contributed by atoms with Crippen molar-refractivity contribution >= 4 is 52.6 Å². The van der Waals surface area contributed by atoms with Gasteiger partial charge in [-0.15, -0.1) is 5.10 Å². The van der Waals surface area contributed by atoms with Gasteiger partial charge in [-0.25, -0.2) is 0 Å². The number of ether oxygens (including phenoxy) is 2. The van der Waals surface area contributed by atoms with Gasteiger partial charge in [-0.3, -0.25) is 14.4 Å². The number of rotatable bonds is 6. The fourth-order valence-electron chi connectivity index (χ4n) is 1.95. The fourth-order valence-corrected chi connectivity index (χ4v) is 3.12. The molecule has 11 heteroatoms. The zero-order valence-electron chi connectivity index (χ0n) is 13.7. The molecule has 1 aromatic carbocycles. The Hall–Kier alpha value is -2.59. The molecule has 1 unspecified atom stereocenters. The van der Waals surface area contributed by atoms with E-state index in [2.05, 4.69) is 15.5 Å².